The van der Waals surface area contributed by atoms with Crippen LogP contribution in [0.2, 0.25) is 0 Å². The summed E-state index contributed by atoms with van der Waals surface area (Å²) in [6.45, 7) is 5.95. The minimum Gasteiger partial charge on any atom is -0.493 e. The summed E-state index contributed by atoms with van der Waals surface area (Å²) in [4.78, 5) is 9.40. The Morgan fingerprint density at radius 3 is 2.48 bits per heavy atom. The van der Waals surface area contributed by atoms with E-state index in [0.29, 0.717) is 11.9 Å². The molecular formula is C20H26BrN3O3. The summed E-state index contributed by atoms with van der Waals surface area (Å²) < 4.78 is 16.9. The van der Waals surface area contributed by atoms with Gasteiger partial charge in [-0.25, -0.2) is 0 Å². The molecule has 0 saturated carbocycles. The number of piperazine rings is 1. The molecule has 0 N–H and O–H groups in total. The number of pyridine rings is 1. The van der Waals surface area contributed by atoms with Crippen molar-refractivity contribution < 1.29 is 14.2 Å². The highest BCUT2D eigenvalue weighted by Gasteiger charge is 2.25. The zero-order valence-electron chi connectivity index (χ0n) is 16.2. The molecule has 3 rings (SSSR count). The molecule has 1 aliphatic rings. The van der Waals surface area contributed by atoms with Gasteiger partial charge in [0.05, 0.1) is 25.8 Å². The van der Waals surface area contributed by atoms with Crippen molar-refractivity contribution in [1.29, 1.82) is 0 Å². The van der Waals surface area contributed by atoms with E-state index in [9.17, 15) is 0 Å². The molecule has 1 aromatic carbocycles. The Hall–Kier alpha value is -1.99. The summed E-state index contributed by atoms with van der Waals surface area (Å²) in [5.74, 6) is 3.10. The second-order valence-corrected chi connectivity index (χ2v) is 7.47. The van der Waals surface area contributed by atoms with Crippen LogP contribution in [-0.2, 0) is 6.54 Å². The molecule has 0 spiro atoms. The van der Waals surface area contributed by atoms with Crippen LogP contribution in [0.15, 0.2) is 34.8 Å². The van der Waals surface area contributed by atoms with E-state index in [2.05, 4.69) is 49.8 Å². The smallest absolute Gasteiger partial charge is 0.229 e. The Labute approximate surface area is 169 Å². The third-order valence-corrected chi connectivity index (χ3v) is 5.52. The van der Waals surface area contributed by atoms with Crippen LogP contribution in [0.4, 0.5) is 5.82 Å². The van der Waals surface area contributed by atoms with Gasteiger partial charge in [0.25, 0.3) is 0 Å². The zero-order chi connectivity index (χ0) is 19.4. The predicted octanol–water partition coefficient (Wildman–Crippen LogP) is 3.58. The molecule has 2 aromatic rings. The Morgan fingerprint density at radius 1 is 1.04 bits per heavy atom. The molecule has 1 atom stereocenters. The van der Waals surface area contributed by atoms with E-state index < -0.39 is 0 Å². The van der Waals surface area contributed by atoms with Crippen molar-refractivity contribution in [3.8, 4) is 17.4 Å². The number of benzene rings is 1. The van der Waals surface area contributed by atoms with Crippen LogP contribution < -0.4 is 19.1 Å². The lowest BCUT2D eigenvalue weighted by Gasteiger charge is -2.40. The molecule has 0 amide bonds. The quantitative estimate of drug-likeness (QED) is 0.690. The molecule has 6 nitrogen and oxygen atoms in total. The minimum absolute atomic E-state index is 0.406. The van der Waals surface area contributed by atoms with Crippen molar-refractivity contribution >= 4 is 21.7 Å². The number of methoxy groups -OCH3 is 3. The van der Waals surface area contributed by atoms with E-state index in [0.717, 1.165) is 48.0 Å². The lowest BCUT2D eigenvalue weighted by molar-refractivity contribution is 0.180. The highest BCUT2D eigenvalue weighted by atomic mass is 79.9. The van der Waals surface area contributed by atoms with Gasteiger partial charge in [-0.15, -0.1) is 0 Å². The van der Waals surface area contributed by atoms with Gasteiger partial charge in [0.2, 0.25) is 5.88 Å². The average molecular weight is 436 g/mol. The molecule has 27 heavy (non-hydrogen) atoms. The average Bonchev–Trinajstić information content (AvgIpc) is 2.69. The number of nitrogens with zero attached hydrogens (tertiary/aromatic N) is 3. The van der Waals surface area contributed by atoms with Crippen LogP contribution in [0.3, 0.4) is 0 Å². The molecule has 1 fully saturated rings. The molecule has 2 heterocycles. The fraction of sp³-hybridized carbons (Fsp3) is 0.450. The first-order valence-electron chi connectivity index (χ1n) is 8.96. The van der Waals surface area contributed by atoms with E-state index in [-0.39, 0.29) is 0 Å². The number of ether oxygens (including phenoxy) is 3. The molecular weight excluding hydrogens is 410 g/mol. The lowest BCUT2D eigenvalue weighted by Crippen LogP contribution is -2.51. The third kappa shape index (κ3) is 4.47. The molecule has 1 aromatic heterocycles. The summed E-state index contributed by atoms with van der Waals surface area (Å²) in [6.07, 6.45) is 0. The number of aromatic nitrogens is 1. The number of hydrogen-bond acceptors (Lipinski definition) is 6. The van der Waals surface area contributed by atoms with Gasteiger partial charge in [0.1, 0.15) is 5.82 Å². The van der Waals surface area contributed by atoms with Crippen LogP contribution in [0.5, 0.6) is 17.4 Å². The highest BCUT2D eigenvalue weighted by molar-refractivity contribution is 9.10. The van der Waals surface area contributed by atoms with Gasteiger partial charge < -0.3 is 19.1 Å². The first-order chi connectivity index (χ1) is 13.0. The SMILES string of the molecule is COc1ccc(CN2CCN(c3ccc(Br)c(OC)n3)C[C@@H]2C)cc1OC. The van der Waals surface area contributed by atoms with E-state index in [1.807, 2.05) is 18.2 Å². The molecule has 0 bridgehead atoms. The molecule has 0 radical (unpaired) electrons. The van der Waals surface area contributed by atoms with Gasteiger partial charge in [-0.3, -0.25) is 4.90 Å². The number of rotatable bonds is 6. The van der Waals surface area contributed by atoms with E-state index >= 15 is 0 Å². The van der Waals surface area contributed by atoms with Crippen molar-refractivity contribution in [2.24, 2.45) is 0 Å². The Morgan fingerprint density at radius 2 is 1.81 bits per heavy atom. The largest absolute Gasteiger partial charge is 0.493 e. The Bertz CT molecular complexity index is 787. The molecule has 0 aliphatic carbocycles. The summed E-state index contributed by atoms with van der Waals surface area (Å²) in [5, 5.41) is 0. The number of halogens is 1. The molecule has 7 heteroatoms. The topological polar surface area (TPSA) is 47.1 Å². The summed E-state index contributed by atoms with van der Waals surface area (Å²) in [5.41, 5.74) is 1.22. The standard InChI is InChI=1S/C20H26BrN3O3/c1-14-12-24(19-8-6-16(21)20(22-19)27-4)10-9-23(14)13-15-5-7-17(25-2)18(11-15)26-3/h5-8,11,14H,9-10,12-13H2,1-4H3/t14-/m0/s1. The fourth-order valence-electron chi connectivity index (χ4n) is 3.38. The van der Waals surface area contributed by atoms with Crippen LogP contribution in [0, 0.1) is 0 Å². The van der Waals surface area contributed by atoms with Gasteiger partial charge >= 0.3 is 0 Å². The van der Waals surface area contributed by atoms with Crippen molar-refractivity contribution in [3.05, 3.63) is 40.4 Å². The van der Waals surface area contributed by atoms with Gasteiger partial charge in [0, 0.05) is 32.2 Å². The lowest BCUT2D eigenvalue weighted by atomic mass is 10.1. The van der Waals surface area contributed by atoms with E-state index in [1.54, 1.807) is 21.3 Å². The third-order valence-electron chi connectivity index (χ3n) is 4.92. The first kappa shape index (κ1) is 19.8. The zero-order valence-corrected chi connectivity index (χ0v) is 17.8. The molecule has 1 aliphatic heterocycles. The fourth-order valence-corrected chi connectivity index (χ4v) is 3.77. The van der Waals surface area contributed by atoms with Crippen molar-refractivity contribution in [3.63, 3.8) is 0 Å². The molecule has 146 valence electrons. The van der Waals surface area contributed by atoms with Crippen molar-refractivity contribution in [2.75, 3.05) is 45.9 Å². The van der Waals surface area contributed by atoms with Crippen molar-refractivity contribution in [2.45, 2.75) is 19.5 Å². The minimum atomic E-state index is 0.406. The number of hydrogen-bond donors (Lipinski definition) is 0. The second kappa shape index (κ2) is 8.80. The summed E-state index contributed by atoms with van der Waals surface area (Å²) in [6, 6.07) is 10.5. The highest BCUT2D eigenvalue weighted by Crippen LogP contribution is 2.30. The summed E-state index contributed by atoms with van der Waals surface area (Å²) in [7, 11) is 4.97. The van der Waals surface area contributed by atoms with Gasteiger partial charge in [-0.2, -0.15) is 4.98 Å². The maximum Gasteiger partial charge on any atom is 0.229 e. The normalized spacial score (nSPS) is 17.7. The summed E-state index contributed by atoms with van der Waals surface area (Å²) >= 11 is 3.46. The maximum absolute atomic E-state index is 5.42. The molecule has 0 unspecified atom stereocenters. The monoisotopic (exact) mass is 435 g/mol. The predicted molar refractivity (Wildman–Crippen MR) is 110 cm³/mol. The van der Waals surface area contributed by atoms with Gasteiger partial charge in [-0.05, 0) is 52.7 Å². The number of anilines is 1. The Kier molecular flexibility index (Phi) is 6.44. The van der Waals surface area contributed by atoms with Gasteiger partial charge in [0.15, 0.2) is 11.5 Å². The van der Waals surface area contributed by atoms with E-state index in [1.165, 1.54) is 5.56 Å². The maximum atomic E-state index is 5.42. The van der Waals surface area contributed by atoms with Crippen molar-refractivity contribution in [1.82, 2.24) is 9.88 Å². The van der Waals surface area contributed by atoms with Crippen LogP contribution in [-0.4, -0.2) is 56.9 Å². The molecule has 1 saturated heterocycles. The van der Waals surface area contributed by atoms with Crippen LogP contribution in [0.1, 0.15) is 12.5 Å². The second-order valence-electron chi connectivity index (χ2n) is 6.62. The van der Waals surface area contributed by atoms with Crippen LogP contribution in [0.25, 0.3) is 0 Å². The van der Waals surface area contributed by atoms with E-state index in [4.69, 9.17) is 14.2 Å². The van der Waals surface area contributed by atoms with Gasteiger partial charge in [-0.1, -0.05) is 6.07 Å². The van der Waals surface area contributed by atoms with Crippen LogP contribution >= 0.6 is 15.9 Å². The Balaban J connectivity index is 1.67. The first-order valence-corrected chi connectivity index (χ1v) is 9.75.